The van der Waals surface area contributed by atoms with Gasteiger partial charge in [0.1, 0.15) is 0 Å². The first-order chi connectivity index (χ1) is 10.8. The number of anilines is 2. The predicted molar refractivity (Wildman–Crippen MR) is 89.0 cm³/mol. The zero-order chi connectivity index (χ0) is 14.9. The van der Waals surface area contributed by atoms with E-state index < -0.39 is 0 Å². The van der Waals surface area contributed by atoms with Crippen molar-refractivity contribution in [2.24, 2.45) is 0 Å². The number of aromatic nitrogens is 2. The van der Waals surface area contributed by atoms with Gasteiger partial charge >= 0.3 is 0 Å². The van der Waals surface area contributed by atoms with Crippen molar-refractivity contribution in [2.75, 3.05) is 17.4 Å². The summed E-state index contributed by atoms with van der Waals surface area (Å²) in [6, 6.07) is 17.1. The molecular formula is C18H18N4. The Labute approximate surface area is 130 Å². The van der Waals surface area contributed by atoms with E-state index in [4.69, 9.17) is 0 Å². The Morgan fingerprint density at radius 2 is 1.95 bits per heavy atom. The third-order valence-electron chi connectivity index (χ3n) is 4.20. The van der Waals surface area contributed by atoms with Crippen molar-refractivity contribution >= 4 is 11.4 Å². The number of pyridine rings is 1. The van der Waals surface area contributed by atoms with E-state index in [0.29, 0.717) is 0 Å². The van der Waals surface area contributed by atoms with Crippen LogP contribution in [0.25, 0.3) is 0 Å². The summed E-state index contributed by atoms with van der Waals surface area (Å²) in [5.74, 6) is 0. The zero-order valence-corrected chi connectivity index (χ0v) is 12.5. The molecule has 22 heavy (non-hydrogen) atoms. The molecule has 0 amide bonds. The van der Waals surface area contributed by atoms with Crippen LogP contribution < -0.4 is 10.3 Å². The van der Waals surface area contributed by atoms with E-state index in [9.17, 15) is 0 Å². The molecule has 1 atom stereocenters. The van der Waals surface area contributed by atoms with Gasteiger partial charge in [0.05, 0.1) is 29.3 Å². The maximum atomic E-state index is 4.26. The first-order valence-electron chi connectivity index (χ1n) is 7.48. The first-order valence-corrected chi connectivity index (χ1v) is 7.48. The predicted octanol–water partition coefficient (Wildman–Crippen LogP) is 3.49. The number of rotatable bonds is 2. The highest BCUT2D eigenvalue weighted by molar-refractivity contribution is 5.70. The molecule has 0 saturated carbocycles. The molecule has 0 aliphatic carbocycles. The number of nitrogens with zero attached hydrogens (tertiary/aromatic N) is 3. The minimum absolute atomic E-state index is 0.213. The molecule has 3 heterocycles. The molecule has 1 aromatic carbocycles. The Hall–Kier alpha value is -2.75. The summed E-state index contributed by atoms with van der Waals surface area (Å²) in [5, 5.41) is 5.81. The third-order valence-corrected chi connectivity index (χ3v) is 4.20. The highest BCUT2D eigenvalue weighted by atomic mass is 15.5. The lowest BCUT2D eigenvalue weighted by atomic mass is 10.0. The van der Waals surface area contributed by atoms with E-state index in [-0.39, 0.29) is 6.04 Å². The highest BCUT2D eigenvalue weighted by Gasteiger charge is 2.24. The van der Waals surface area contributed by atoms with Crippen LogP contribution in [0.5, 0.6) is 0 Å². The number of nitrogens with one attached hydrogen (secondary N) is 1. The summed E-state index contributed by atoms with van der Waals surface area (Å²) < 4.78 is 2.20. The smallest absolute Gasteiger partial charge is 0.0837 e. The molecule has 4 rings (SSSR count). The van der Waals surface area contributed by atoms with Crippen LogP contribution in [0, 0.1) is 0 Å². The van der Waals surface area contributed by atoms with Crippen molar-refractivity contribution < 1.29 is 0 Å². The van der Waals surface area contributed by atoms with Gasteiger partial charge in [-0.05, 0) is 30.2 Å². The molecule has 0 spiro atoms. The molecule has 3 aromatic rings. The second-order valence-electron chi connectivity index (χ2n) is 5.58. The van der Waals surface area contributed by atoms with Crippen LogP contribution in [0.15, 0.2) is 67.1 Å². The van der Waals surface area contributed by atoms with Crippen molar-refractivity contribution in [2.45, 2.75) is 12.5 Å². The Bertz CT molecular complexity index is 779. The molecule has 2 aromatic heterocycles. The molecule has 1 N–H and O–H groups in total. The Kier molecular flexibility index (Phi) is 3.07. The molecule has 0 saturated heterocycles. The fraction of sp³-hybridized carbons (Fsp3) is 0.167. The quantitative estimate of drug-likeness (QED) is 0.784. The summed E-state index contributed by atoms with van der Waals surface area (Å²) in [7, 11) is 2.08. The normalized spacial score (nSPS) is 16.4. The van der Waals surface area contributed by atoms with Crippen LogP contribution in [0.3, 0.4) is 0 Å². The van der Waals surface area contributed by atoms with Gasteiger partial charge in [-0.25, -0.2) is 0 Å². The topological polar surface area (TPSA) is 33.1 Å². The van der Waals surface area contributed by atoms with Gasteiger partial charge in [-0.3, -0.25) is 14.7 Å². The Morgan fingerprint density at radius 1 is 1.09 bits per heavy atom. The van der Waals surface area contributed by atoms with Gasteiger partial charge in [0.15, 0.2) is 0 Å². The molecule has 1 aliphatic rings. The highest BCUT2D eigenvalue weighted by Crippen LogP contribution is 2.34. The second kappa shape index (κ2) is 5.22. The van der Waals surface area contributed by atoms with Gasteiger partial charge < -0.3 is 5.32 Å². The third kappa shape index (κ3) is 2.13. The van der Waals surface area contributed by atoms with E-state index in [1.807, 2.05) is 18.5 Å². The van der Waals surface area contributed by atoms with E-state index in [1.165, 1.54) is 11.3 Å². The number of fused-ring (bicyclic) bond motifs is 2. The van der Waals surface area contributed by atoms with Crippen LogP contribution in [0.1, 0.15) is 17.3 Å². The van der Waals surface area contributed by atoms with E-state index in [1.54, 1.807) is 0 Å². The minimum atomic E-state index is 0.213. The summed E-state index contributed by atoms with van der Waals surface area (Å²) in [4.78, 5) is 4.26. The maximum Gasteiger partial charge on any atom is 0.0837 e. The minimum Gasteiger partial charge on any atom is -0.373 e. The molecule has 0 bridgehead atoms. The van der Waals surface area contributed by atoms with Crippen LogP contribution in [-0.2, 0) is 6.42 Å². The van der Waals surface area contributed by atoms with Crippen molar-refractivity contribution in [1.29, 1.82) is 0 Å². The zero-order valence-electron chi connectivity index (χ0n) is 12.5. The Morgan fingerprint density at radius 3 is 2.82 bits per heavy atom. The molecule has 1 unspecified atom stereocenters. The summed E-state index contributed by atoms with van der Waals surface area (Å²) in [5.41, 5.74) is 4.77. The van der Waals surface area contributed by atoms with E-state index in [0.717, 1.165) is 17.8 Å². The summed E-state index contributed by atoms with van der Waals surface area (Å²) >= 11 is 0. The fourth-order valence-electron chi connectivity index (χ4n) is 3.10. The van der Waals surface area contributed by atoms with Gasteiger partial charge in [-0.15, -0.1) is 0 Å². The van der Waals surface area contributed by atoms with Crippen molar-refractivity contribution in [3.8, 4) is 0 Å². The second-order valence-corrected chi connectivity index (χ2v) is 5.58. The Balaban J connectivity index is 1.78. The van der Waals surface area contributed by atoms with Gasteiger partial charge in [-0.1, -0.05) is 30.3 Å². The summed E-state index contributed by atoms with van der Waals surface area (Å²) in [6.45, 7) is 0. The average molecular weight is 290 g/mol. The van der Waals surface area contributed by atoms with Gasteiger partial charge in [-0.2, -0.15) is 0 Å². The lowest BCUT2D eigenvalue weighted by Crippen LogP contribution is -2.25. The fourth-order valence-corrected chi connectivity index (χ4v) is 3.10. The standard InChI is InChI=1S/C18H18N4/c1-21-17-9-10-19-13-16(17)20-15(18-8-5-11-22(18)21)12-14-6-3-2-4-7-14/h2-11,13,15,20H,12H2,1H3. The average Bonchev–Trinajstić information content (AvgIpc) is 3.01. The molecule has 0 radical (unpaired) electrons. The van der Waals surface area contributed by atoms with E-state index >= 15 is 0 Å². The molecule has 1 aliphatic heterocycles. The lowest BCUT2D eigenvalue weighted by molar-refractivity contribution is 0.671. The monoisotopic (exact) mass is 290 g/mol. The molecule has 4 heteroatoms. The van der Waals surface area contributed by atoms with E-state index in [2.05, 4.69) is 75.7 Å². The van der Waals surface area contributed by atoms with Crippen molar-refractivity contribution in [3.05, 3.63) is 78.4 Å². The number of hydrogen-bond acceptors (Lipinski definition) is 3. The van der Waals surface area contributed by atoms with Crippen LogP contribution in [0.2, 0.25) is 0 Å². The van der Waals surface area contributed by atoms with Crippen LogP contribution in [-0.4, -0.2) is 16.7 Å². The summed E-state index contributed by atoms with van der Waals surface area (Å²) in [6.07, 6.45) is 6.77. The van der Waals surface area contributed by atoms with Crippen molar-refractivity contribution in [3.63, 3.8) is 0 Å². The van der Waals surface area contributed by atoms with Gasteiger partial charge in [0, 0.05) is 19.4 Å². The SMILES string of the molecule is CN1c2ccncc2NC(Cc2ccccc2)c2cccn21. The maximum absolute atomic E-state index is 4.26. The van der Waals surface area contributed by atoms with Crippen LogP contribution in [0.4, 0.5) is 11.4 Å². The molecule has 0 fully saturated rings. The lowest BCUT2D eigenvalue weighted by Gasteiger charge is -2.22. The molecule has 110 valence electrons. The molecular weight excluding hydrogens is 272 g/mol. The first kappa shape index (κ1) is 13.0. The van der Waals surface area contributed by atoms with Crippen molar-refractivity contribution in [1.82, 2.24) is 9.66 Å². The largest absolute Gasteiger partial charge is 0.373 e. The number of benzene rings is 1. The molecule has 4 nitrogen and oxygen atoms in total. The van der Waals surface area contributed by atoms with Gasteiger partial charge in [0.2, 0.25) is 0 Å². The van der Waals surface area contributed by atoms with Crippen LogP contribution >= 0.6 is 0 Å². The van der Waals surface area contributed by atoms with Gasteiger partial charge in [0.25, 0.3) is 0 Å². The number of hydrogen-bond donors (Lipinski definition) is 1.